The van der Waals surface area contributed by atoms with E-state index in [1.165, 1.54) is 18.2 Å². The summed E-state index contributed by atoms with van der Waals surface area (Å²) in [6.07, 6.45) is 2.70. The number of ketones is 1. The number of Topliss-reactive ketones (excluding diaryl/α,β-unsaturated/α-hetero) is 1. The van der Waals surface area contributed by atoms with Crippen LogP contribution in [-0.2, 0) is 19.6 Å². The van der Waals surface area contributed by atoms with Gasteiger partial charge in [-0.25, -0.2) is 13.2 Å². The van der Waals surface area contributed by atoms with Crippen molar-refractivity contribution in [3.05, 3.63) is 29.8 Å². The van der Waals surface area contributed by atoms with Crippen LogP contribution in [0.4, 0.5) is 0 Å². The summed E-state index contributed by atoms with van der Waals surface area (Å²) < 4.78 is 33.6. The van der Waals surface area contributed by atoms with Gasteiger partial charge in [0.25, 0.3) is 0 Å². The van der Waals surface area contributed by atoms with E-state index in [0.717, 1.165) is 19.3 Å². The quantitative estimate of drug-likeness (QED) is 0.652. The van der Waals surface area contributed by atoms with E-state index >= 15 is 0 Å². The van der Waals surface area contributed by atoms with Crippen molar-refractivity contribution in [3.63, 3.8) is 0 Å². The highest BCUT2D eigenvalue weighted by Gasteiger charge is 2.53. The molecule has 166 valence electrons. The van der Waals surface area contributed by atoms with Crippen molar-refractivity contribution in [1.82, 2.24) is 4.31 Å². The topological polar surface area (TPSA) is 80.8 Å². The minimum absolute atomic E-state index is 0.0243. The van der Waals surface area contributed by atoms with Gasteiger partial charge in [0.2, 0.25) is 10.0 Å². The molecule has 2 atom stereocenters. The van der Waals surface area contributed by atoms with Crippen molar-refractivity contribution in [2.75, 3.05) is 13.2 Å². The number of fused-ring (bicyclic) bond motifs is 2. The molecule has 0 unspecified atom stereocenters. The van der Waals surface area contributed by atoms with Crippen LogP contribution in [-0.4, -0.2) is 43.7 Å². The van der Waals surface area contributed by atoms with E-state index in [4.69, 9.17) is 4.74 Å². The van der Waals surface area contributed by atoms with Crippen molar-refractivity contribution in [3.8, 4) is 0 Å². The zero-order chi connectivity index (χ0) is 22.5. The molecular formula is C23H33NO5S. The predicted molar refractivity (Wildman–Crippen MR) is 115 cm³/mol. The van der Waals surface area contributed by atoms with Gasteiger partial charge in [-0.2, -0.15) is 4.31 Å². The van der Waals surface area contributed by atoms with Crippen LogP contribution < -0.4 is 0 Å². The molecule has 1 aliphatic heterocycles. The summed E-state index contributed by atoms with van der Waals surface area (Å²) in [6.45, 7) is 12.0. The van der Waals surface area contributed by atoms with E-state index < -0.39 is 21.4 Å². The second-order valence-corrected chi connectivity index (χ2v) is 12.9. The second kappa shape index (κ2) is 7.45. The van der Waals surface area contributed by atoms with Crippen LogP contribution in [0.2, 0.25) is 0 Å². The van der Waals surface area contributed by atoms with E-state index in [1.807, 2.05) is 0 Å². The summed E-state index contributed by atoms with van der Waals surface area (Å²) in [5, 5.41) is 0. The van der Waals surface area contributed by atoms with Gasteiger partial charge in [0, 0.05) is 18.0 Å². The lowest BCUT2D eigenvalue weighted by molar-refractivity contribution is -0.129. The van der Waals surface area contributed by atoms with E-state index in [2.05, 4.69) is 20.8 Å². The van der Waals surface area contributed by atoms with Gasteiger partial charge in [0.05, 0.1) is 10.5 Å². The lowest BCUT2D eigenvalue weighted by atomic mass is 9.65. The molecule has 0 spiro atoms. The van der Waals surface area contributed by atoms with Crippen LogP contribution in [0.3, 0.4) is 0 Å². The van der Waals surface area contributed by atoms with Crippen LogP contribution in [0.15, 0.2) is 29.2 Å². The SMILES string of the molecule is CC1(C)C[C@H]2C[C@@](C)(CN2S(=O)(=O)c2cccc(C(=O)OCC(=O)C(C)(C)C)c2)C1. The van der Waals surface area contributed by atoms with Gasteiger partial charge in [-0.1, -0.05) is 47.6 Å². The first-order chi connectivity index (χ1) is 13.6. The monoisotopic (exact) mass is 435 g/mol. The van der Waals surface area contributed by atoms with Crippen LogP contribution in [0.1, 0.15) is 71.2 Å². The second-order valence-electron chi connectivity index (χ2n) is 11.0. The number of hydrogen-bond acceptors (Lipinski definition) is 5. The van der Waals surface area contributed by atoms with Crippen LogP contribution in [0, 0.1) is 16.2 Å². The first-order valence-electron chi connectivity index (χ1n) is 10.5. The highest BCUT2D eigenvalue weighted by Crippen LogP contribution is 2.53. The fourth-order valence-electron chi connectivity index (χ4n) is 5.04. The fourth-order valence-corrected chi connectivity index (χ4v) is 6.86. The first kappa shape index (κ1) is 22.9. The average Bonchev–Trinajstić information content (AvgIpc) is 2.88. The molecule has 0 N–H and O–H groups in total. The molecule has 1 saturated carbocycles. The molecule has 1 heterocycles. The lowest BCUT2D eigenvalue weighted by Gasteiger charge is -2.39. The maximum Gasteiger partial charge on any atom is 0.338 e. The zero-order valence-electron chi connectivity index (χ0n) is 18.8. The molecule has 30 heavy (non-hydrogen) atoms. The van der Waals surface area contributed by atoms with Crippen molar-refractivity contribution >= 4 is 21.8 Å². The number of ether oxygens (including phenoxy) is 1. The molecule has 1 aromatic rings. The first-order valence-corrected chi connectivity index (χ1v) is 11.9. The molecule has 1 aliphatic carbocycles. The van der Waals surface area contributed by atoms with Gasteiger partial charge in [-0.05, 0) is 48.3 Å². The van der Waals surface area contributed by atoms with Gasteiger partial charge in [-0.15, -0.1) is 0 Å². The standard InChI is InChI=1S/C23H33NO5S/c1-21(2,3)19(25)13-29-20(26)16-8-7-9-18(10-16)30(27,28)24-15-23(6)12-17(24)11-22(4,5)14-23/h7-10,17H,11-15H2,1-6H3/t17-,23+/m0/s1. The Hall–Kier alpha value is -1.73. The largest absolute Gasteiger partial charge is 0.454 e. The Morgan fingerprint density at radius 3 is 2.47 bits per heavy atom. The number of carbonyl (C=O) groups excluding carboxylic acids is 2. The number of sulfonamides is 1. The van der Waals surface area contributed by atoms with Crippen molar-refractivity contribution in [2.24, 2.45) is 16.2 Å². The van der Waals surface area contributed by atoms with Crippen LogP contribution >= 0.6 is 0 Å². The maximum atomic E-state index is 13.4. The Bertz CT molecular complexity index is 960. The molecule has 3 rings (SSSR count). The van der Waals surface area contributed by atoms with Gasteiger partial charge in [-0.3, -0.25) is 4.79 Å². The average molecular weight is 436 g/mol. The van der Waals surface area contributed by atoms with E-state index in [1.54, 1.807) is 31.1 Å². The van der Waals surface area contributed by atoms with Crippen LogP contribution in [0.5, 0.6) is 0 Å². The number of benzene rings is 1. The Morgan fingerprint density at radius 1 is 1.17 bits per heavy atom. The number of carbonyl (C=O) groups is 2. The Balaban J connectivity index is 1.80. The summed E-state index contributed by atoms with van der Waals surface area (Å²) in [5.74, 6) is -0.891. The molecule has 7 heteroatoms. The van der Waals surface area contributed by atoms with E-state index in [-0.39, 0.29) is 39.7 Å². The predicted octanol–water partition coefficient (Wildman–Crippen LogP) is 4.05. The smallest absolute Gasteiger partial charge is 0.338 e. The van der Waals surface area contributed by atoms with Crippen LogP contribution in [0.25, 0.3) is 0 Å². The van der Waals surface area contributed by atoms with Gasteiger partial charge >= 0.3 is 5.97 Å². The molecule has 0 amide bonds. The van der Waals surface area contributed by atoms with Gasteiger partial charge in [0.15, 0.2) is 12.4 Å². The van der Waals surface area contributed by atoms with Gasteiger partial charge in [0.1, 0.15) is 0 Å². The zero-order valence-corrected chi connectivity index (χ0v) is 19.6. The lowest BCUT2D eigenvalue weighted by Crippen LogP contribution is -2.37. The van der Waals surface area contributed by atoms with Crippen molar-refractivity contribution in [2.45, 2.75) is 71.7 Å². The summed E-state index contributed by atoms with van der Waals surface area (Å²) >= 11 is 0. The third kappa shape index (κ3) is 4.62. The summed E-state index contributed by atoms with van der Waals surface area (Å²) in [5.41, 5.74) is -0.397. The molecule has 0 radical (unpaired) electrons. The highest BCUT2D eigenvalue weighted by molar-refractivity contribution is 7.89. The molecule has 6 nitrogen and oxygen atoms in total. The van der Waals surface area contributed by atoms with Crippen molar-refractivity contribution in [1.29, 1.82) is 0 Å². The molecular weight excluding hydrogens is 402 g/mol. The van der Waals surface area contributed by atoms with E-state index in [0.29, 0.717) is 6.54 Å². The summed E-state index contributed by atoms with van der Waals surface area (Å²) in [6, 6.07) is 5.90. The van der Waals surface area contributed by atoms with E-state index in [9.17, 15) is 18.0 Å². The number of hydrogen-bond donors (Lipinski definition) is 0. The Kier molecular flexibility index (Phi) is 5.70. The maximum absolute atomic E-state index is 13.4. The van der Waals surface area contributed by atoms with Crippen molar-refractivity contribution < 1.29 is 22.7 Å². The Morgan fingerprint density at radius 2 is 1.83 bits per heavy atom. The summed E-state index contributed by atoms with van der Waals surface area (Å²) in [4.78, 5) is 24.5. The minimum Gasteiger partial charge on any atom is -0.454 e. The molecule has 2 fully saturated rings. The third-order valence-corrected chi connectivity index (χ3v) is 8.11. The number of esters is 1. The van der Waals surface area contributed by atoms with Gasteiger partial charge < -0.3 is 4.74 Å². The minimum atomic E-state index is -3.73. The summed E-state index contributed by atoms with van der Waals surface area (Å²) in [7, 11) is -3.73. The molecule has 0 aromatic heterocycles. The molecule has 1 saturated heterocycles. The fraction of sp³-hybridized carbons (Fsp3) is 0.652. The highest BCUT2D eigenvalue weighted by atomic mass is 32.2. The number of rotatable bonds is 5. The molecule has 1 aromatic carbocycles. The molecule has 2 bridgehead atoms. The number of nitrogens with zero attached hydrogens (tertiary/aromatic N) is 1. The third-order valence-electron chi connectivity index (χ3n) is 6.21. The molecule has 2 aliphatic rings. The Labute approximate surface area is 180 Å². The normalized spacial score (nSPS) is 26.4.